The summed E-state index contributed by atoms with van der Waals surface area (Å²) >= 11 is 0. The average Bonchev–Trinajstić information content (AvgIpc) is 3.40. The van der Waals surface area contributed by atoms with Gasteiger partial charge in [-0.15, -0.1) is 0 Å². The minimum atomic E-state index is -0.822. The molecule has 1 aliphatic heterocycles. The molecule has 0 aromatic heterocycles. The molecule has 0 amide bonds. The van der Waals surface area contributed by atoms with Gasteiger partial charge in [-0.2, -0.15) is 0 Å². The van der Waals surface area contributed by atoms with Gasteiger partial charge in [0.25, 0.3) is 0 Å². The molecule has 1 aromatic rings. The van der Waals surface area contributed by atoms with E-state index in [1.54, 1.807) is 7.11 Å². The van der Waals surface area contributed by atoms with E-state index < -0.39 is 5.60 Å². The van der Waals surface area contributed by atoms with E-state index in [1.807, 2.05) is 0 Å². The Labute approximate surface area is 149 Å². The van der Waals surface area contributed by atoms with Crippen LogP contribution in [0.5, 0.6) is 5.75 Å². The van der Waals surface area contributed by atoms with Crippen molar-refractivity contribution >= 4 is 0 Å². The van der Waals surface area contributed by atoms with Crippen molar-refractivity contribution < 1.29 is 14.9 Å². The minimum absolute atomic E-state index is 0.137. The monoisotopic (exact) mass is 343 g/mol. The number of nitrogens with zero attached hydrogens (tertiary/aromatic N) is 1. The van der Waals surface area contributed by atoms with Crippen LogP contribution in [0.2, 0.25) is 0 Å². The molecule has 4 heteroatoms. The topological polar surface area (TPSA) is 52.9 Å². The Morgan fingerprint density at radius 1 is 1.24 bits per heavy atom. The van der Waals surface area contributed by atoms with Crippen LogP contribution < -0.4 is 4.74 Å². The molecule has 4 aliphatic rings. The molecule has 4 nitrogen and oxygen atoms in total. The minimum Gasteiger partial charge on any atom is -0.497 e. The maximum absolute atomic E-state index is 12.0. The lowest BCUT2D eigenvalue weighted by atomic mass is 9.49. The Morgan fingerprint density at radius 3 is 2.84 bits per heavy atom. The Hall–Kier alpha value is -1.10. The van der Waals surface area contributed by atoms with Crippen molar-refractivity contribution in [3.8, 4) is 5.75 Å². The molecule has 5 rings (SSSR count). The van der Waals surface area contributed by atoms with Gasteiger partial charge in [0.1, 0.15) is 5.75 Å². The Kier molecular flexibility index (Phi) is 3.51. The van der Waals surface area contributed by atoms with E-state index in [1.165, 1.54) is 24.0 Å². The highest BCUT2D eigenvalue weighted by Gasteiger charge is 2.64. The van der Waals surface area contributed by atoms with Crippen LogP contribution in [0.3, 0.4) is 0 Å². The van der Waals surface area contributed by atoms with Gasteiger partial charge in [-0.3, -0.25) is 4.90 Å². The number of piperidine rings is 1. The van der Waals surface area contributed by atoms with Crippen molar-refractivity contribution in [1.29, 1.82) is 0 Å². The van der Waals surface area contributed by atoms with Gasteiger partial charge in [0.15, 0.2) is 0 Å². The number of fused-ring (bicyclic) bond motifs is 1. The van der Waals surface area contributed by atoms with Gasteiger partial charge in [-0.1, -0.05) is 6.07 Å². The van der Waals surface area contributed by atoms with Crippen LogP contribution >= 0.6 is 0 Å². The first-order valence-corrected chi connectivity index (χ1v) is 9.88. The lowest BCUT2D eigenvalue weighted by Crippen LogP contribution is -2.73. The SMILES string of the molecule is COc1ccc2c(c1)C13CC[C@@H](O)C[C@@]1(O)[C@@H](C2)N(CC1CC1)CC3. The fourth-order valence-electron chi connectivity index (χ4n) is 6.04. The molecule has 136 valence electrons. The van der Waals surface area contributed by atoms with E-state index in [2.05, 4.69) is 23.1 Å². The lowest BCUT2D eigenvalue weighted by molar-refractivity contribution is -0.185. The summed E-state index contributed by atoms with van der Waals surface area (Å²) in [5, 5.41) is 22.4. The number of benzene rings is 1. The summed E-state index contributed by atoms with van der Waals surface area (Å²) in [4.78, 5) is 2.54. The van der Waals surface area contributed by atoms with Crippen molar-refractivity contribution in [2.24, 2.45) is 5.92 Å². The molecule has 2 N–H and O–H groups in total. The van der Waals surface area contributed by atoms with Crippen molar-refractivity contribution in [2.75, 3.05) is 20.2 Å². The molecule has 0 radical (unpaired) electrons. The third kappa shape index (κ3) is 2.23. The van der Waals surface area contributed by atoms with Crippen LogP contribution in [0.25, 0.3) is 0 Å². The van der Waals surface area contributed by atoms with Gasteiger partial charge in [-0.05, 0) is 74.2 Å². The van der Waals surface area contributed by atoms with Crippen molar-refractivity contribution in [2.45, 2.75) is 68.1 Å². The van der Waals surface area contributed by atoms with Crippen molar-refractivity contribution in [1.82, 2.24) is 4.90 Å². The van der Waals surface area contributed by atoms with E-state index in [-0.39, 0.29) is 17.6 Å². The normalized spacial score (nSPS) is 40.3. The first-order chi connectivity index (χ1) is 12.1. The fraction of sp³-hybridized carbons (Fsp3) is 0.714. The highest BCUT2D eigenvalue weighted by molar-refractivity contribution is 5.48. The number of likely N-dealkylation sites (tertiary alicyclic amines) is 1. The molecular weight excluding hydrogens is 314 g/mol. The number of rotatable bonds is 3. The van der Waals surface area contributed by atoms with Gasteiger partial charge >= 0.3 is 0 Å². The van der Waals surface area contributed by atoms with Crippen LogP contribution in [-0.4, -0.2) is 53.1 Å². The summed E-state index contributed by atoms with van der Waals surface area (Å²) in [5.74, 6) is 1.70. The number of aliphatic hydroxyl groups excluding tert-OH is 1. The van der Waals surface area contributed by atoms with E-state index in [0.29, 0.717) is 6.42 Å². The van der Waals surface area contributed by atoms with E-state index in [0.717, 1.165) is 50.4 Å². The Morgan fingerprint density at radius 2 is 2.08 bits per heavy atom. The predicted molar refractivity (Wildman–Crippen MR) is 95.9 cm³/mol. The second-order valence-corrected chi connectivity index (χ2v) is 8.83. The molecule has 1 saturated heterocycles. The highest BCUT2D eigenvalue weighted by atomic mass is 16.5. The summed E-state index contributed by atoms with van der Waals surface area (Å²) in [6.07, 6.45) is 6.33. The molecule has 3 aliphatic carbocycles. The summed E-state index contributed by atoms with van der Waals surface area (Å²) < 4.78 is 5.49. The zero-order chi connectivity index (χ0) is 17.2. The van der Waals surface area contributed by atoms with Gasteiger partial charge in [0, 0.05) is 24.4 Å². The smallest absolute Gasteiger partial charge is 0.119 e. The molecule has 4 atom stereocenters. The predicted octanol–water partition coefficient (Wildman–Crippen LogP) is 2.25. The maximum Gasteiger partial charge on any atom is 0.119 e. The average molecular weight is 343 g/mol. The number of methoxy groups -OCH3 is 1. The third-order valence-corrected chi connectivity index (χ3v) is 7.53. The van der Waals surface area contributed by atoms with Gasteiger partial charge in [-0.25, -0.2) is 0 Å². The summed E-state index contributed by atoms with van der Waals surface area (Å²) in [6.45, 7) is 2.18. The maximum atomic E-state index is 12.0. The standard InChI is InChI=1S/C21H29NO3/c1-25-17-5-4-15-10-19-21(24)12-16(23)6-7-20(21,18(15)11-17)8-9-22(19)13-14-2-3-14/h4-5,11,14,16,19,23-24H,2-3,6-10,12-13H2,1H3/t16-,19-,20?,21-/m1/s1. The zero-order valence-electron chi connectivity index (χ0n) is 15.1. The molecule has 0 spiro atoms. The van der Waals surface area contributed by atoms with Gasteiger partial charge in [0.05, 0.1) is 18.8 Å². The summed E-state index contributed by atoms with van der Waals surface area (Å²) in [5.41, 5.74) is 1.60. The first kappa shape index (κ1) is 16.1. The second kappa shape index (κ2) is 5.45. The molecule has 1 aromatic carbocycles. The van der Waals surface area contributed by atoms with Gasteiger partial charge in [0.2, 0.25) is 0 Å². The quantitative estimate of drug-likeness (QED) is 0.884. The Balaban J connectivity index is 1.63. The van der Waals surface area contributed by atoms with Crippen LogP contribution in [0.15, 0.2) is 18.2 Å². The van der Waals surface area contributed by atoms with E-state index >= 15 is 0 Å². The van der Waals surface area contributed by atoms with Crippen molar-refractivity contribution in [3.05, 3.63) is 29.3 Å². The number of hydrogen-bond acceptors (Lipinski definition) is 4. The van der Waals surface area contributed by atoms with Crippen molar-refractivity contribution in [3.63, 3.8) is 0 Å². The molecule has 1 heterocycles. The van der Waals surface area contributed by atoms with Gasteiger partial charge < -0.3 is 14.9 Å². The second-order valence-electron chi connectivity index (χ2n) is 8.83. The van der Waals surface area contributed by atoms with E-state index in [9.17, 15) is 10.2 Å². The zero-order valence-corrected chi connectivity index (χ0v) is 15.1. The first-order valence-electron chi connectivity index (χ1n) is 9.88. The largest absolute Gasteiger partial charge is 0.497 e. The Bertz CT molecular complexity index is 688. The lowest BCUT2D eigenvalue weighted by Gasteiger charge is -2.64. The highest BCUT2D eigenvalue weighted by Crippen LogP contribution is 2.58. The number of aliphatic hydroxyl groups is 2. The number of hydrogen-bond donors (Lipinski definition) is 2. The summed E-state index contributed by atoms with van der Waals surface area (Å²) in [6, 6.07) is 6.55. The van der Waals surface area contributed by atoms with E-state index in [4.69, 9.17) is 4.74 Å². The van der Waals surface area contributed by atoms with Crippen LogP contribution in [-0.2, 0) is 11.8 Å². The van der Waals surface area contributed by atoms with Crippen LogP contribution in [0.1, 0.15) is 49.7 Å². The molecule has 1 unspecified atom stereocenters. The molecule has 2 bridgehead atoms. The van der Waals surface area contributed by atoms with Crippen LogP contribution in [0.4, 0.5) is 0 Å². The fourth-order valence-corrected chi connectivity index (χ4v) is 6.04. The molecule has 2 saturated carbocycles. The summed E-state index contributed by atoms with van der Waals surface area (Å²) in [7, 11) is 1.71. The third-order valence-electron chi connectivity index (χ3n) is 7.53. The molecule has 25 heavy (non-hydrogen) atoms. The molecular formula is C21H29NO3. The number of ether oxygens (including phenoxy) is 1. The molecule has 3 fully saturated rings. The van der Waals surface area contributed by atoms with Crippen LogP contribution in [0, 0.1) is 5.92 Å².